The Bertz CT molecular complexity index is 1320. The number of nitrogens with one attached hydrogen (secondary N) is 1. The maximum Gasteiger partial charge on any atom is 0.263 e. The molecular formula is C23H28N6O4S2. The molecule has 186 valence electrons. The topological polar surface area (TPSA) is 138 Å². The fourth-order valence-corrected chi connectivity index (χ4v) is 7.01. The van der Waals surface area contributed by atoms with Crippen molar-refractivity contribution in [3.05, 3.63) is 27.6 Å². The lowest BCUT2D eigenvalue weighted by Crippen LogP contribution is -2.49. The van der Waals surface area contributed by atoms with Crippen LogP contribution in [0.5, 0.6) is 5.88 Å². The van der Waals surface area contributed by atoms with Crippen LogP contribution in [0.3, 0.4) is 0 Å². The van der Waals surface area contributed by atoms with Crippen LogP contribution < -0.4 is 26.4 Å². The largest absolute Gasteiger partial charge is 0.475 e. The number of aromatic nitrogens is 2. The average molecular weight is 517 g/mol. The number of hydrogen-bond acceptors (Lipinski definition) is 11. The van der Waals surface area contributed by atoms with E-state index in [2.05, 4.69) is 15.2 Å². The van der Waals surface area contributed by atoms with Gasteiger partial charge >= 0.3 is 0 Å². The monoisotopic (exact) mass is 516 g/mol. The molecule has 3 aromatic heterocycles. The number of nitrogens with zero attached hydrogens (tertiary/aromatic N) is 3. The number of carbonyl (C=O) groups excluding carboxylic acids is 1. The molecule has 2 fully saturated rings. The van der Waals surface area contributed by atoms with Gasteiger partial charge in [-0.15, -0.1) is 22.7 Å². The lowest BCUT2D eigenvalue weighted by atomic mass is 10.1. The molecule has 0 aliphatic carbocycles. The van der Waals surface area contributed by atoms with Gasteiger partial charge < -0.3 is 35.9 Å². The van der Waals surface area contributed by atoms with Crippen molar-refractivity contribution in [1.29, 1.82) is 0 Å². The van der Waals surface area contributed by atoms with Gasteiger partial charge in [0.05, 0.1) is 46.2 Å². The van der Waals surface area contributed by atoms with Gasteiger partial charge in [-0.1, -0.05) is 0 Å². The summed E-state index contributed by atoms with van der Waals surface area (Å²) in [7, 11) is 0. The van der Waals surface area contributed by atoms with Gasteiger partial charge in [-0.2, -0.15) is 4.98 Å². The standard InChI is InChI=1S/C23H28N6O4S2/c1-11-26-21-18(34-11)16(25)17(35-21)19(30)27-13-6-12-4-5-15(28-20(12)31-8-13)29-7-14(24)23(9-29)32-10-22(2,3)33-23/h4-5,13-14H,6-10,24-25H2,1-3H3,(H,27,30). The molecule has 6 rings (SSSR count). The van der Waals surface area contributed by atoms with E-state index in [4.69, 9.17) is 30.7 Å². The number of thiazole rings is 1. The Hall–Kier alpha value is -2.51. The van der Waals surface area contributed by atoms with Crippen LogP contribution in [0.25, 0.3) is 9.53 Å². The molecule has 3 unspecified atom stereocenters. The molecule has 6 heterocycles. The second-order valence-electron chi connectivity index (χ2n) is 9.98. The zero-order valence-corrected chi connectivity index (χ0v) is 21.4. The number of nitrogen functional groups attached to an aromatic ring is 1. The van der Waals surface area contributed by atoms with E-state index in [-0.39, 0.29) is 23.6 Å². The van der Waals surface area contributed by atoms with Crippen molar-refractivity contribution in [3.63, 3.8) is 0 Å². The van der Waals surface area contributed by atoms with Crippen molar-refractivity contribution >= 4 is 49.6 Å². The summed E-state index contributed by atoms with van der Waals surface area (Å²) in [4.78, 5) is 25.5. The van der Waals surface area contributed by atoms with Gasteiger partial charge in [0.1, 0.15) is 22.1 Å². The summed E-state index contributed by atoms with van der Waals surface area (Å²) in [6.45, 7) is 7.87. The van der Waals surface area contributed by atoms with Gasteiger partial charge in [-0.05, 0) is 32.9 Å². The van der Waals surface area contributed by atoms with Crippen LogP contribution >= 0.6 is 22.7 Å². The van der Waals surface area contributed by atoms with Gasteiger partial charge in [0.25, 0.3) is 5.91 Å². The first-order valence-corrected chi connectivity index (χ1v) is 13.2. The van der Waals surface area contributed by atoms with Crippen LogP contribution in [-0.4, -0.2) is 65.7 Å². The van der Waals surface area contributed by atoms with E-state index in [1.54, 1.807) is 0 Å². The highest BCUT2D eigenvalue weighted by atomic mass is 32.1. The minimum absolute atomic E-state index is 0.178. The Labute approximate surface area is 210 Å². The Balaban J connectivity index is 1.13. The molecular weight excluding hydrogens is 488 g/mol. The third-order valence-corrected chi connectivity index (χ3v) is 8.81. The molecule has 12 heteroatoms. The van der Waals surface area contributed by atoms with Crippen LogP contribution in [0.1, 0.15) is 34.1 Å². The van der Waals surface area contributed by atoms with Gasteiger partial charge in [0, 0.05) is 18.5 Å². The normalized spacial score (nSPS) is 27.4. The third kappa shape index (κ3) is 3.93. The molecule has 3 atom stereocenters. The molecule has 2 saturated heterocycles. The summed E-state index contributed by atoms with van der Waals surface area (Å²) in [5, 5.41) is 3.99. The Morgan fingerprint density at radius 3 is 2.86 bits per heavy atom. The Morgan fingerprint density at radius 2 is 2.11 bits per heavy atom. The first kappa shape index (κ1) is 22.9. The van der Waals surface area contributed by atoms with Crippen LogP contribution in [0, 0.1) is 6.92 Å². The molecule has 10 nitrogen and oxygen atoms in total. The van der Waals surface area contributed by atoms with Crippen molar-refractivity contribution in [2.24, 2.45) is 5.73 Å². The molecule has 0 aromatic carbocycles. The van der Waals surface area contributed by atoms with Crippen LogP contribution in [0.2, 0.25) is 0 Å². The highest BCUT2D eigenvalue weighted by Gasteiger charge is 2.55. The smallest absolute Gasteiger partial charge is 0.263 e. The summed E-state index contributed by atoms with van der Waals surface area (Å²) in [5.41, 5.74) is 13.7. The fourth-order valence-electron chi connectivity index (χ4n) is 4.92. The van der Waals surface area contributed by atoms with E-state index in [1.807, 2.05) is 32.9 Å². The molecule has 1 amide bonds. The van der Waals surface area contributed by atoms with E-state index in [9.17, 15) is 4.79 Å². The van der Waals surface area contributed by atoms with E-state index in [0.29, 0.717) is 49.2 Å². The Kier molecular flexibility index (Phi) is 5.24. The molecule has 0 saturated carbocycles. The zero-order chi connectivity index (χ0) is 24.5. The number of thiophene rings is 1. The summed E-state index contributed by atoms with van der Waals surface area (Å²) < 4.78 is 19.0. The molecule has 1 spiro atoms. The third-order valence-electron chi connectivity index (χ3n) is 6.57. The summed E-state index contributed by atoms with van der Waals surface area (Å²) >= 11 is 2.83. The van der Waals surface area contributed by atoms with Crippen molar-refractivity contribution in [2.45, 2.75) is 50.7 Å². The number of amides is 1. The molecule has 3 aliphatic rings. The second kappa shape index (κ2) is 8.00. The summed E-state index contributed by atoms with van der Waals surface area (Å²) in [5.74, 6) is 0.327. The molecule has 35 heavy (non-hydrogen) atoms. The predicted molar refractivity (Wildman–Crippen MR) is 135 cm³/mol. The maximum atomic E-state index is 12.9. The van der Waals surface area contributed by atoms with E-state index >= 15 is 0 Å². The van der Waals surface area contributed by atoms with Gasteiger partial charge in [0.15, 0.2) is 0 Å². The van der Waals surface area contributed by atoms with Crippen molar-refractivity contribution < 1.29 is 19.0 Å². The van der Waals surface area contributed by atoms with Gasteiger partial charge in [0.2, 0.25) is 11.7 Å². The minimum Gasteiger partial charge on any atom is -0.475 e. The van der Waals surface area contributed by atoms with Gasteiger partial charge in [-0.25, -0.2) is 4.98 Å². The van der Waals surface area contributed by atoms with Crippen molar-refractivity contribution in [2.75, 3.05) is 36.9 Å². The first-order chi connectivity index (χ1) is 16.6. The number of aryl methyl sites for hydroxylation is 1. The lowest BCUT2D eigenvalue weighted by molar-refractivity contribution is -0.173. The quantitative estimate of drug-likeness (QED) is 0.477. The van der Waals surface area contributed by atoms with E-state index < -0.39 is 5.79 Å². The lowest BCUT2D eigenvalue weighted by Gasteiger charge is -2.28. The second-order valence-corrected chi connectivity index (χ2v) is 12.2. The van der Waals surface area contributed by atoms with Crippen LogP contribution in [-0.2, 0) is 15.9 Å². The highest BCUT2D eigenvalue weighted by Crippen LogP contribution is 2.40. The molecule has 0 bridgehead atoms. The number of pyridine rings is 1. The highest BCUT2D eigenvalue weighted by molar-refractivity contribution is 7.29. The molecule has 3 aromatic rings. The maximum absolute atomic E-state index is 12.9. The van der Waals surface area contributed by atoms with Crippen LogP contribution in [0.15, 0.2) is 12.1 Å². The summed E-state index contributed by atoms with van der Waals surface area (Å²) in [6, 6.07) is 3.50. The number of anilines is 2. The summed E-state index contributed by atoms with van der Waals surface area (Å²) in [6.07, 6.45) is 0.620. The number of fused-ring (bicyclic) bond motifs is 2. The number of ether oxygens (including phenoxy) is 3. The van der Waals surface area contributed by atoms with Crippen LogP contribution in [0.4, 0.5) is 11.5 Å². The van der Waals surface area contributed by atoms with Crippen molar-refractivity contribution in [1.82, 2.24) is 15.3 Å². The number of hydrogen-bond donors (Lipinski definition) is 3. The number of carbonyl (C=O) groups is 1. The first-order valence-electron chi connectivity index (χ1n) is 11.6. The fraction of sp³-hybridized carbons (Fsp3) is 0.522. The van der Waals surface area contributed by atoms with Gasteiger partial charge in [-0.3, -0.25) is 4.79 Å². The SMILES string of the molecule is Cc1nc2sc(C(=O)NC3COc4nc(N5CC(N)C6(C5)OCC(C)(C)O6)ccc4C3)c(N)c2s1. The number of nitrogens with two attached hydrogens (primary N) is 2. The van der Waals surface area contributed by atoms with E-state index in [0.717, 1.165) is 25.9 Å². The van der Waals surface area contributed by atoms with Crippen molar-refractivity contribution in [3.8, 4) is 5.88 Å². The Morgan fingerprint density at radius 1 is 1.29 bits per heavy atom. The molecule has 5 N–H and O–H groups in total. The zero-order valence-electron chi connectivity index (χ0n) is 19.8. The molecule has 0 radical (unpaired) electrons. The molecule has 3 aliphatic heterocycles. The predicted octanol–water partition coefficient (Wildman–Crippen LogP) is 2.05. The minimum atomic E-state index is -0.816. The average Bonchev–Trinajstić information content (AvgIpc) is 3.51. The number of rotatable bonds is 3. The van der Waals surface area contributed by atoms with E-state index in [1.165, 1.54) is 22.7 Å².